The molecule has 0 aromatic heterocycles. The van der Waals surface area contributed by atoms with Gasteiger partial charge in [0, 0.05) is 57.7 Å². The fourth-order valence-corrected chi connectivity index (χ4v) is 10.4. The van der Waals surface area contributed by atoms with Gasteiger partial charge in [0.1, 0.15) is 0 Å². The Morgan fingerprint density at radius 1 is 0.810 bits per heavy atom. The predicted octanol–water partition coefficient (Wildman–Crippen LogP) is 10.4. The third-order valence-electron chi connectivity index (χ3n) is 12.4. The largest absolute Gasteiger partial charge is 0.338 e. The molecule has 2 aromatic rings. The Morgan fingerprint density at radius 3 is 2.69 bits per heavy atom. The van der Waals surface area contributed by atoms with Gasteiger partial charge in [-0.1, -0.05) is 87.1 Å². The van der Waals surface area contributed by atoms with Gasteiger partial charge in [-0.15, -0.1) is 0 Å². The molecule has 0 radical (unpaired) electrons. The normalized spacial score (nSPS) is 32.6. The third kappa shape index (κ3) is 3.69. The Balaban J connectivity index is 1.22. The van der Waals surface area contributed by atoms with E-state index in [4.69, 9.17) is 0 Å². The predicted molar refractivity (Wildman–Crippen MR) is 177 cm³/mol. The lowest BCUT2D eigenvalue weighted by atomic mass is 9.69. The first-order valence-corrected chi connectivity index (χ1v) is 17.3. The fraction of sp³-hybridized carbons (Fsp3) is 0.500. The number of hydrogen-bond donors (Lipinski definition) is 0. The molecule has 2 heteroatoms. The molecule has 5 atom stereocenters. The molecule has 0 bridgehead atoms. The monoisotopic (exact) mass is 554 g/mol. The van der Waals surface area contributed by atoms with Crippen LogP contribution >= 0.6 is 0 Å². The molecule has 2 aromatic carbocycles. The molecule has 9 rings (SSSR count). The van der Waals surface area contributed by atoms with Crippen LogP contribution in [-0.2, 0) is 11.8 Å². The van der Waals surface area contributed by atoms with Crippen LogP contribution < -0.4 is 9.80 Å². The highest BCUT2D eigenvalue weighted by atomic mass is 15.2. The summed E-state index contributed by atoms with van der Waals surface area (Å²) in [6.07, 6.45) is 33.1. The molecule has 3 saturated carbocycles. The minimum absolute atomic E-state index is 0.203. The minimum atomic E-state index is 0.203. The SMILES string of the molecule is C[C@]12CCCCC1N(c1cccc3c1C=CCC3)c1cc3c(cc12)N(C1=C[C@@H]2CCCCC2=CC=C1)C1CCCCC31. The molecule has 2 aliphatic heterocycles. The van der Waals surface area contributed by atoms with Crippen molar-refractivity contribution in [3.05, 3.63) is 94.2 Å². The van der Waals surface area contributed by atoms with Crippen molar-refractivity contribution in [1.82, 2.24) is 0 Å². The average Bonchev–Trinajstić information content (AvgIpc) is 3.37. The molecule has 3 fully saturated rings. The second kappa shape index (κ2) is 9.76. The van der Waals surface area contributed by atoms with Crippen LogP contribution in [-0.4, -0.2) is 12.1 Å². The highest BCUT2D eigenvalue weighted by Crippen LogP contribution is 2.60. The second-order valence-corrected chi connectivity index (χ2v) is 14.6. The van der Waals surface area contributed by atoms with Crippen molar-refractivity contribution in [3.8, 4) is 0 Å². The summed E-state index contributed by atoms with van der Waals surface area (Å²) < 4.78 is 0. The fourth-order valence-electron chi connectivity index (χ4n) is 10.4. The lowest BCUT2D eigenvalue weighted by Gasteiger charge is -2.41. The van der Waals surface area contributed by atoms with Gasteiger partial charge in [-0.05, 0) is 98.8 Å². The molecule has 7 aliphatic rings. The first kappa shape index (κ1) is 25.5. The van der Waals surface area contributed by atoms with Crippen molar-refractivity contribution in [2.45, 2.75) is 120 Å². The molecule has 0 spiro atoms. The minimum Gasteiger partial charge on any atom is -0.338 e. The summed E-state index contributed by atoms with van der Waals surface area (Å²) >= 11 is 0. The van der Waals surface area contributed by atoms with Gasteiger partial charge < -0.3 is 9.80 Å². The molecular formula is C40H46N2. The maximum absolute atomic E-state index is 2.85. The van der Waals surface area contributed by atoms with E-state index in [0.717, 1.165) is 0 Å². The third-order valence-corrected chi connectivity index (χ3v) is 12.4. The van der Waals surface area contributed by atoms with Gasteiger partial charge in [-0.25, -0.2) is 0 Å². The van der Waals surface area contributed by atoms with Crippen LogP contribution in [0.4, 0.5) is 17.1 Å². The van der Waals surface area contributed by atoms with Crippen LogP contribution in [0.25, 0.3) is 6.08 Å². The standard InChI is InChI=1S/C40H46N2/c1-40-23-9-8-22-39(40)42(35-21-11-16-28-13-4-5-18-31(28)35)38-25-33-32-19-6-7-20-36(32)41(37(33)26-34(38)40)30-17-10-15-27-12-2-3-14-29(27)24-30/h5,10-11,15-18,21,24-26,29,32,36,39H,2-4,6-9,12-14,19-20,22-23H2,1H3/t29-,32?,36?,39?,40+/m0/s1. The van der Waals surface area contributed by atoms with Gasteiger partial charge >= 0.3 is 0 Å². The zero-order chi connectivity index (χ0) is 27.8. The van der Waals surface area contributed by atoms with Crippen molar-refractivity contribution < 1.29 is 0 Å². The number of allylic oxidation sites excluding steroid dienone is 6. The molecule has 216 valence electrons. The smallest absolute Gasteiger partial charge is 0.0490 e. The number of fused-ring (bicyclic) bond motifs is 8. The van der Waals surface area contributed by atoms with Gasteiger partial charge in [0.2, 0.25) is 0 Å². The second-order valence-electron chi connectivity index (χ2n) is 14.6. The zero-order valence-electron chi connectivity index (χ0n) is 25.5. The molecular weight excluding hydrogens is 508 g/mol. The Bertz CT molecular complexity index is 1550. The maximum Gasteiger partial charge on any atom is 0.0490 e. The van der Waals surface area contributed by atoms with E-state index in [2.05, 4.69) is 83.5 Å². The topological polar surface area (TPSA) is 6.48 Å². The van der Waals surface area contributed by atoms with Crippen LogP contribution in [0.15, 0.2) is 72.0 Å². The molecule has 0 amide bonds. The van der Waals surface area contributed by atoms with E-state index >= 15 is 0 Å². The van der Waals surface area contributed by atoms with E-state index < -0.39 is 0 Å². The van der Waals surface area contributed by atoms with Crippen molar-refractivity contribution in [3.63, 3.8) is 0 Å². The average molecular weight is 555 g/mol. The van der Waals surface area contributed by atoms with Crippen molar-refractivity contribution in [2.24, 2.45) is 5.92 Å². The van der Waals surface area contributed by atoms with E-state index in [0.29, 0.717) is 23.9 Å². The number of anilines is 3. The molecule has 0 saturated heterocycles. The van der Waals surface area contributed by atoms with Crippen molar-refractivity contribution in [2.75, 3.05) is 9.80 Å². The number of hydrogen-bond acceptors (Lipinski definition) is 2. The maximum atomic E-state index is 2.85. The van der Waals surface area contributed by atoms with E-state index in [9.17, 15) is 0 Å². The van der Waals surface area contributed by atoms with Crippen molar-refractivity contribution in [1.29, 1.82) is 0 Å². The molecule has 5 aliphatic carbocycles. The summed E-state index contributed by atoms with van der Waals surface area (Å²) in [5.41, 5.74) is 14.2. The van der Waals surface area contributed by atoms with Gasteiger partial charge in [0.05, 0.1) is 0 Å². The summed E-state index contributed by atoms with van der Waals surface area (Å²) in [6.45, 7) is 2.61. The number of benzene rings is 2. The lowest BCUT2D eigenvalue weighted by molar-refractivity contribution is 0.290. The van der Waals surface area contributed by atoms with Crippen LogP contribution in [0.3, 0.4) is 0 Å². The summed E-state index contributed by atoms with van der Waals surface area (Å²) in [6, 6.07) is 13.7. The van der Waals surface area contributed by atoms with E-state index in [1.165, 1.54) is 118 Å². The van der Waals surface area contributed by atoms with Gasteiger partial charge in [-0.3, -0.25) is 0 Å². The summed E-state index contributed by atoms with van der Waals surface area (Å²) in [4.78, 5) is 5.69. The van der Waals surface area contributed by atoms with Gasteiger partial charge in [0.25, 0.3) is 0 Å². The Labute approximate surface area is 252 Å². The lowest BCUT2D eigenvalue weighted by Crippen LogP contribution is -2.43. The van der Waals surface area contributed by atoms with E-state index in [1.807, 2.05) is 0 Å². The van der Waals surface area contributed by atoms with Crippen LogP contribution in [0.1, 0.15) is 119 Å². The Morgan fingerprint density at radius 2 is 1.71 bits per heavy atom. The summed E-state index contributed by atoms with van der Waals surface area (Å²) in [7, 11) is 0. The van der Waals surface area contributed by atoms with Crippen LogP contribution in [0, 0.1) is 5.92 Å². The summed E-state index contributed by atoms with van der Waals surface area (Å²) in [5.74, 6) is 1.27. The number of nitrogens with zero attached hydrogens (tertiary/aromatic N) is 2. The Kier molecular flexibility index (Phi) is 5.93. The van der Waals surface area contributed by atoms with E-state index in [-0.39, 0.29) is 5.41 Å². The first-order chi connectivity index (χ1) is 20.7. The molecule has 42 heavy (non-hydrogen) atoms. The zero-order valence-corrected chi connectivity index (χ0v) is 25.5. The molecule has 0 N–H and O–H groups in total. The van der Waals surface area contributed by atoms with Crippen LogP contribution in [0.5, 0.6) is 0 Å². The van der Waals surface area contributed by atoms with Crippen LogP contribution in [0.2, 0.25) is 0 Å². The highest BCUT2D eigenvalue weighted by Gasteiger charge is 2.52. The Hall–Kier alpha value is -3.00. The van der Waals surface area contributed by atoms with Gasteiger partial charge in [0.15, 0.2) is 0 Å². The summed E-state index contributed by atoms with van der Waals surface area (Å²) in [5, 5.41) is 0. The molecule has 2 nitrogen and oxygen atoms in total. The highest BCUT2D eigenvalue weighted by molar-refractivity contribution is 5.85. The van der Waals surface area contributed by atoms with Crippen molar-refractivity contribution >= 4 is 23.1 Å². The molecule has 3 unspecified atom stereocenters. The van der Waals surface area contributed by atoms with E-state index in [1.54, 1.807) is 22.4 Å². The number of rotatable bonds is 2. The molecule has 2 heterocycles. The quantitative estimate of drug-likeness (QED) is 0.364. The first-order valence-electron chi connectivity index (χ1n) is 17.3. The van der Waals surface area contributed by atoms with Gasteiger partial charge in [-0.2, -0.15) is 0 Å². The number of aryl methyl sites for hydroxylation is 1.